The number of anilines is 1. The molecule has 6 heteroatoms. The van der Waals surface area contributed by atoms with Crippen molar-refractivity contribution < 1.29 is 0 Å². The molecule has 2 N–H and O–H groups in total. The fraction of sp³-hybridized carbons (Fsp3) is 0. The van der Waals surface area contributed by atoms with Crippen molar-refractivity contribution in [1.82, 2.24) is 14.5 Å². The van der Waals surface area contributed by atoms with E-state index >= 15 is 0 Å². The molecular weight excluding hydrogens is 295 g/mol. The van der Waals surface area contributed by atoms with E-state index in [2.05, 4.69) is 9.97 Å². The SMILES string of the molecule is Nc1ncccc1-c1cncn1-c1cc(Cl)cc(Cl)c1. The monoisotopic (exact) mass is 304 g/mol. The number of halogens is 2. The highest BCUT2D eigenvalue weighted by Crippen LogP contribution is 2.28. The lowest BCUT2D eigenvalue weighted by molar-refractivity contribution is 1.06. The molecule has 100 valence electrons. The minimum atomic E-state index is 0.447. The lowest BCUT2D eigenvalue weighted by Gasteiger charge is -2.10. The molecule has 3 rings (SSSR count). The quantitative estimate of drug-likeness (QED) is 0.783. The van der Waals surface area contributed by atoms with Crippen LogP contribution in [0.2, 0.25) is 10.0 Å². The topological polar surface area (TPSA) is 56.7 Å². The standard InChI is InChI=1S/C14H10Cl2N4/c15-9-4-10(16)6-11(5-9)20-8-18-7-13(20)12-2-1-3-19-14(12)17/h1-8H,(H2,17,19). The van der Waals surface area contributed by atoms with Gasteiger partial charge in [0.1, 0.15) is 5.82 Å². The van der Waals surface area contributed by atoms with E-state index in [0.717, 1.165) is 16.9 Å². The molecule has 0 unspecified atom stereocenters. The van der Waals surface area contributed by atoms with Crippen LogP contribution in [-0.4, -0.2) is 14.5 Å². The van der Waals surface area contributed by atoms with Gasteiger partial charge >= 0.3 is 0 Å². The second-order valence-electron chi connectivity index (χ2n) is 4.21. The molecule has 2 aromatic heterocycles. The van der Waals surface area contributed by atoms with E-state index in [-0.39, 0.29) is 0 Å². The van der Waals surface area contributed by atoms with Crippen molar-refractivity contribution >= 4 is 29.0 Å². The minimum Gasteiger partial charge on any atom is -0.383 e. The Kier molecular flexibility index (Phi) is 3.34. The van der Waals surface area contributed by atoms with Gasteiger partial charge in [-0.2, -0.15) is 0 Å². The van der Waals surface area contributed by atoms with Crippen LogP contribution in [-0.2, 0) is 0 Å². The summed E-state index contributed by atoms with van der Waals surface area (Å²) in [4.78, 5) is 8.26. The average molecular weight is 305 g/mol. The van der Waals surface area contributed by atoms with Gasteiger partial charge in [-0.1, -0.05) is 23.2 Å². The van der Waals surface area contributed by atoms with Crippen LogP contribution in [0.4, 0.5) is 5.82 Å². The molecule has 0 aliphatic carbocycles. The summed E-state index contributed by atoms with van der Waals surface area (Å²) in [5.74, 6) is 0.447. The third-order valence-electron chi connectivity index (χ3n) is 2.88. The molecule has 0 bridgehead atoms. The number of nitrogens with zero attached hydrogens (tertiary/aromatic N) is 3. The van der Waals surface area contributed by atoms with Crippen LogP contribution >= 0.6 is 23.2 Å². The van der Waals surface area contributed by atoms with Gasteiger partial charge in [-0.3, -0.25) is 4.57 Å². The Labute approximate surface area is 125 Å². The third-order valence-corrected chi connectivity index (χ3v) is 3.31. The van der Waals surface area contributed by atoms with Crippen molar-refractivity contribution in [3.8, 4) is 16.9 Å². The Bertz CT molecular complexity index is 747. The Hall–Kier alpha value is -2.04. The van der Waals surface area contributed by atoms with Crippen LogP contribution in [0.1, 0.15) is 0 Å². The fourth-order valence-electron chi connectivity index (χ4n) is 2.01. The number of pyridine rings is 1. The Morgan fingerprint density at radius 2 is 1.85 bits per heavy atom. The summed E-state index contributed by atoms with van der Waals surface area (Å²) in [6.07, 6.45) is 5.06. The minimum absolute atomic E-state index is 0.447. The number of nitrogens with two attached hydrogens (primary N) is 1. The van der Waals surface area contributed by atoms with E-state index in [9.17, 15) is 0 Å². The van der Waals surface area contributed by atoms with Crippen molar-refractivity contribution in [3.05, 3.63) is 59.1 Å². The summed E-state index contributed by atoms with van der Waals surface area (Å²) in [6, 6.07) is 9.02. The van der Waals surface area contributed by atoms with Crippen LogP contribution in [0, 0.1) is 0 Å². The van der Waals surface area contributed by atoms with E-state index < -0.39 is 0 Å². The zero-order chi connectivity index (χ0) is 14.1. The molecule has 0 saturated carbocycles. The van der Waals surface area contributed by atoms with Crippen LogP contribution in [0.5, 0.6) is 0 Å². The first-order valence-electron chi connectivity index (χ1n) is 5.85. The van der Waals surface area contributed by atoms with Gasteiger partial charge in [-0.15, -0.1) is 0 Å². The van der Waals surface area contributed by atoms with Gasteiger partial charge < -0.3 is 5.73 Å². The summed E-state index contributed by atoms with van der Waals surface area (Å²) in [5.41, 5.74) is 8.37. The Morgan fingerprint density at radius 1 is 1.10 bits per heavy atom. The number of hydrogen-bond acceptors (Lipinski definition) is 3. The highest BCUT2D eigenvalue weighted by Gasteiger charge is 2.11. The molecule has 0 atom stereocenters. The third kappa shape index (κ3) is 2.35. The Balaban J connectivity index is 2.18. The number of rotatable bonds is 2. The molecule has 4 nitrogen and oxygen atoms in total. The van der Waals surface area contributed by atoms with Crippen molar-refractivity contribution in [1.29, 1.82) is 0 Å². The van der Waals surface area contributed by atoms with Crippen LogP contribution < -0.4 is 5.73 Å². The maximum absolute atomic E-state index is 6.04. The van der Waals surface area contributed by atoms with Gasteiger partial charge in [0, 0.05) is 21.8 Å². The molecule has 0 saturated heterocycles. The smallest absolute Gasteiger partial charge is 0.132 e. The molecule has 0 amide bonds. The largest absolute Gasteiger partial charge is 0.383 e. The van der Waals surface area contributed by atoms with Crippen LogP contribution in [0.15, 0.2) is 49.1 Å². The summed E-state index contributed by atoms with van der Waals surface area (Å²) in [6.45, 7) is 0. The summed E-state index contributed by atoms with van der Waals surface area (Å²) in [5, 5.41) is 1.12. The van der Waals surface area contributed by atoms with E-state index in [4.69, 9.17) is 28.9 Å². The van der Waals surface area contributed by atoms with Crippen molar-refractivity contribution in [2.24, 2.45) is 0 Å². The highest BCUT2D eigenvalue weighted by atomic mass is 35.5. The van der Waals surface area contributed by atoms with Gasteiger partial charge in [0.15, 0.2) is 0 Å². The number of hydrogen-bond donors (Lipinski definition) is 1. The molecule has 0 fully saturated rings. The highest BCUT2D eigenvalue weighted by molar-refractivity contribution is 6.34. The summed E-state index contributed by atoms with van der Waals surface area (Å²) < 4.78 is 1.87. The Morgan fingerprint density at radius 3 is 2.55 bits per heavy atom. The molecule has 20 heavy (non-hydrogen) atoms. The molecule has 0 aliphatic rings. The fourth-order valence-corrected chi connectivity index (χ4v) is 2.53. The van der Waals surface area contributed by atoms with E-state index in [1.807, 2.05) is 28.8 Å². The average Bonchev–Trinajstić information content (AvgIpc) is 2.87. The first-order valence-corrected chi connectivity index (χ1v) is 6.60. The van der Waals surface area contributed by atoms with Crippen LogP contribution in [0.3, 0.4) is 0 Å². The number of nitrogen functional groups attached to an aromatic ring is 1. The number of aromatic nitrogens is 3. The van der Waals surface area contributed by atoms with Crippen molar-refractivity contribution in [3.63, 3.8) is 0 Å². The lowest BCUT2D eigenvalue weighted by atomic mass is 10.2. The van der Waals surface area contributed by atoms with E-state index in [1.165, 1.54) is 0 Å². The maximum Gasteiger partial charge on any atom is 0.132 e. The predicted molar refractivity (Wildman–Crippen MR) is 81.2 cm³/mol. The van der Waals surface area contributed by atoms with Gasteiger partial charge in [-0.25, -0.2) is 9.97 Å². The molecule has 0 aliphatic heterocycles. The number of benzene rings is 1. The second-order valence-corrected chi connectivity index (χ2v) is 5.09. The normalized spacial score (nSPS) is 10.7. The molecule has 0 spiro atoms. The predicted octanol–water partition coefficient (Wildman–Crippen LogP) is 3.82. The summed E-state index contributed by atoms with van der Waals surface area (Å²) >= 11 is 12.1. The van der Waals surface area contributed by atoms with E-state index in [0.29, 0.717) is 15.9 Å². The van der Waals surface area contributed by atoms with E-state index in [1.54, 1.807) is 24.8 Å². The second kappa shape index (κ2) is 5.15. The van der Waals surface area contributed by atoms with Gasteiger partial charge in [0.25, 0.3) is 0 Å². The molecular formula is C14H10Cl2N4. The molecule has 0 radical (unpaired) electrons. The lowest BCUT2D eigenvalue weighted by Crippen LogP contribution is -1.99. The maximum atomic E-state index is 6.04. The first-order chi connectivity index (χ1) is 9.65. The zero-order valence-corrected chi connectivity index (χ0v) is 11.8. The molecule has 2 heterocycles. The molecule has 1 aromatic carbocycles. The first kappa shape index (κ1) is 13.0. The van der Waals surface area contributed by atoms with Gasteiger partial charge in [0.2, 0.25) is 0 Å². The van der Waals surface area contributed by atoms with Gasteiger partial charge in [-0.05, 0) is 30.3 Å². The van der Waals surface area contributed by atoms with Crippen molar-refractivity contribution in [2.45, 2.75) is 0 Å². The van der Waals surface area contributed by atoms with Gasteiger partial charge in [0.05, 0.1) is 23.9 Å². The van der Waals surface area contributed by atoms with Crippen molar-refractivity contribution in [2.75, 3.05) is 5.73 Å². The summed E-state index contributed by atoms with van der Waals surface area (Å²) in [7, 11) is 0. The van der Waals surface area contributed by atoms with Crippen LogP contribution in [0.25, 0.3) is 16.9 Å². The number of imidazole rings is 1. The zero-order valence-electron chi connectivity index (χ0n) is 10.3. The molecule has 3 aromatic rings.